The lowest BCUT2D eigenvalue weighted by Gasteiger charge is -2.15. The highest BCUT2D eigenvalue weighted by molar-refractivity contribution is 5.70. The van der Waals surface area contributed by atoms with Crippen LogP contribution in [-0.4, -0.2) is 36.4 Å². The third-order valence-electron chi connectivity index (χ3n) is 8.75. The summed E-state index contributed by atoms with van der Waals surface area (Å²) in [5, 5.41) is 9.55. The fourth-order valence-corrected chi connectivity index (χ4v) is 5.70. The quantitative estimate of drug-likeness (QED) is 0.0416. The lowest BCUT2D eigenvalue weighted by Crippen LogP contribution is -2.28. The van der Waals surface area contributed by atoms with Gasteiger partial charge < -0.3 is 14.6 Å². The van der Waals surface area contributed by atoms with Gasteiger partial charge in [-0.05, 0) is 44.9 Å². The number of carbonyl (C=O) groups is 2. The number of aliphatic hydroxyl groups is 1. The van der Waals surface area contributed by atoms with E-state index in [-0.39, 0.29) is 25.2 Å². The van der Waals surface area contributed by atoms with Crippen molar-refractivity contribution in [2.45, 2.75) is 213 Å². The predicted molar refractivity (Wildman–Crippen MR) is 196 cm³/mol. The van der Waals surface area contributed by atoms with E-state index in [0.717, 1.165) is 51.4 Å². The van der Waals surface area contributed by atoms with Gasteiger partial charge in [0.2, 0.25) is 0 Å². The second kappa shape index (κ2) is 37.8. The minimum absolute atomic E-state index is 0.0691. The van der Waals surface area contributed by atoms with Crippen molar-refractivity contribution in [1.29, 1.82) is 0 Å². The van der Waals surface area contributed by atoms with Gasteiger partial charge in [-0.15, -0.1) is 0 Å². The normalized spacial score (nSPS) is 12.3. The van der Waals surface area contributed by atoms with Gasteiger partial charge in [0.25, 0.3) is 0 Å². The van der Waals surface area contributed by atoms with Crippen LogP contribution in [0, 0.1) is 0 Å². The highest BCUT2D eigenvalue weighted by Gasteiger charge is 2.16. The van der Waals surface area contributed by atoms with Crippen molar-refractivity contribution >= 4 is 11.9 Å². The lowest BCUT2D eigenvalue weighted by atomic mass is 10.0. The first-order chi connectivity index (χ1) is 22.6. The molecule has 0 bridgehead atoms. The molecule has 0 aromatic heterocycles. The molecule has 0 amide bonds. The van der Waals surface area contributed by atoms with Crippen LogP contribution in [-0.2, 0) is 19.1 Å². The topological polar surface area (TPSA) is 72.8 Å². The molecule has 0 saturated carbocycles. The molecule has 270 valence electrons. The van der Waals surface area contributed by atoms with Gasteiger partial charge >= 0.3 is 11.9 Å². The Kier molecular flexibility index (Phi) is 36.5. The van der Waals surface area contributed by atoms with Gasteiger partial charge in [0, 0.05) is 12.8 Å². The summed E-state index contributed by atoms with van der Waals surface area (Å²) < 4.78 is 10.6. The maximum atomic E-state index is 12.2. The Balaban J connectivity index is 3.54. The lowest BCUT2D eigenvalue weighted by molar-refractivity contribution is -0.161. The summed E-state index contributed by atoms with van der Waals surface area (Å²) in [5.41, 5.74) is 0. The molecule has 0 aliphatic carbocycles. The Morgan fingerprint density at radius 2 is 0.870 bits per heavy atom. The molecule has 0 fully saturated rings. The summed E-state index contributed by atoms with van der Waals surface area (Å²) >= 11 is 0. The molecule has 0 aliphatic heterocycles. The average Bonchev–Trinajstić information content (AvgIpc) is 3.06. The highest BCUT2D eigenvalue weighted by atomic mass is 16.6. The molecule has 0 spiro atoms. The molecule has 1 atom stereocenters. The van der Waals surface area contributed by atoms with Crippen LogP contribution in [0.3, 0.4) is 0 Å². The van der Waals surface area contributed by atoms with Crippen molar-refractivity contribution in [3.05, 3.63) is 24.3 Å². The molecule has 0 rings (SSSR count). The summed E-state index contributed by atoms with van der Waals surface area (Å²) in [7, 11) is 0. The molecule has 5 nitrogen and oxygen atoms in total. The van der Waals surface area contributed by atoms with Crippen LogP contribution in [0.4, 0.5) is 0 Å². The molecule has 0 saturated heterocycles. The average molecular weight is 649 g/mol. The SMILES string of the molecule is CCCCCC=CCC=CCCCCCCCC(=O)OC[C@H](CO)OC(=O)CCCCCCCCCCCCCCCCCCC. The van der Waals surface area contributed by atoms with Crippen molar-refractivity contribution in [1.82, 2.24) is 0 Å². The number of unbranched alkanes of at least 4 members (excludes halogenated alkanes) is 24. The number of hydrogen-bond donors (Lipinski definition) is 1. The molecule has 0 heterocycles. The summed E-state index contributed by atoms with van der Waals surface area (Å²) in [4.78, 5) is 24.2. The molecule has 0 unspecified atom stereocenters. The van der Waals surface area contributed by atoms with Crippen LogP contribution in [0.1, 0.15) is 206 Å². The third-order valence-corrected chi connectivity index (χ3v) is 8.75. The first-order valence-corrected chi connectivity index (χ1v) is 19.9. The molecule has 1 N–H and O–H groups in total. The van der Waals surface area contributed by atoms with Crippen LogP contribution >= 0.6 is 0 Å². The summed E-state index contributed by atoms with van der Waals surface area (Å²) in [6.45, 7) is 4.11. The van der Waals surface area contributed by atoms with Gasteiger partial charge in [-0.2, -0.15) is 0 Å². The van der Waals surface area contributed by atoms with Crippen molar-refractivity contribution in [2.75, 3.05) is 13.2 Å². The number of aliphatic hydroxyl groups excluding tert-OH is 1. The fourth-order valence-electron chi connectivity index (χ4n) is 5.70. The number of hydrogen-bond acceptors (Lipinski definition) is 5. The number of carbonyl (C=O) groups excluding carboxylic acids is 2. The molecule has 0 aromatic carbocycles. The van der Waals surface area contributed by atoms with Crippen molar-refractivity contribution in [3.63, 3.8) is 0 Å². The Labute approximate surface area is 285 Å². The monoisotopic (exact) mass is 649 g/mol. The van der Waals surface area contributed by atoms with Crippen LogP contribution in [0.15, 0.2) is 24.3 Å². The Hall–Kier alpha value is -1.62. The van der Waals surface area contributed by atoms with Gasteiger partial charge in [-0.1, -0.05) is 173 Å². The molecule has 0 aromatic rings. The molecule has 5 heteroatoms. The van der Waals surface area contributed by atoms with Crippen molar-refractivity contribution in [2.24, 2.45) is 0 Å². The first-order valence-electron chi connectivity index (χ1n) is 19.9. The maximum Gasteiger partial charge on any atom is 0.306 e. The van der Waals surface area contributed by atoms with E-state index in [1.54, 1.807) is 0 Å². The zero-order valence-corrected chi connectivity index (χ0v) is 30.6. The summed E-state index contributed by atoms with van der Waals surface area (Å²) in [5.74, 6) is -0.599. The van der Waals surface area contributed by atoms with E-state index in [1.807, 2.05) is 0 Å². The minimum atomic E-state index is -0.771. The second-order valence-electron chi connectivity index (χ2n) is 13.4. The third kappa shape index (κ3) is 35.2. The molecule has 0 aliphatic rings. The van der Waals surface area contributed by atoms with Gasteiger partial charge in [0.05, 0.1) is 6.61 Å². The van der Waals surface area contributed by atoms with Crippen molar-refractivity contribution < 1.29 is 24.2 Å². The van der Waals surface area contributed by atoms with Gasteiger partial charge in [0.1, 0.15) is 6.61 Å². The van der Waals surface area contributed by atoms with Gasteiger partial charge in [-0.3, -0.25) is 9.59 Å². The molecular weight excluding hydrogens is 572 g/mol. The van der Waals surface area contributed by atoms with E-state index in [2.05, 4.69) is 38.2 Å². The Morgan fingerprint density at radius 3 is 1.33 bits per heavy atom. The van der Waals surface area contributed by atoms with E-state index in [9.17, 15) is 14.7 Å². The fraction of sp³-hybridized carbons (Fsp3) is 0.854. The number of rotatable bonds is 36. The zero-order chi connectivity index (χ0) is 33.6. The van der Waals surface area contributed by atoms with E-state index >= 15 is 0 Å². The zero-order valence-electron chi connectivity index (χ0n) is 30.6. The molecular formula is C41H76O5. The molecule has 46 heavy (non-hydrogen) atoms. The molecule has 0 radical (unpaired) electrons. The predicted octanol–water partition coefficient (Wildman–Crippen LogP) is 12.3. The largest absolute Gasteiger partial charge is 0.462 e. The van der Waals surface area contributed by atoms with Crippen LogP contribution in [0.2, 0.25) is 0 Å². The van der Waals surface area contributed by atoms with Crippen LogP contribution in [0.5, 0.6) is 0 Å². The standard InChI is InChI=1S/C41H76O5/c1-3-5-7-9-11-13-15-17-19-20-22-24-26-28-30-32-34-36-41(44)46-39(37-42)38-45-40(43)35-33-31-29-27-25-23-21-18-16-14-12-10-8-6-4-2/h12,14,18,21,39,42H,3-11,13,15-17,19-20,22-38H2,1-2H3/t39-/m0/s1. The number of allylic oxidation sites excluding steroid dienone is 4. The van der Waals surface area contributed by atoms with E-state index in [1.165, 1.54) is 128 Å². The first kappa shape index (κ1) is 44.4. The van der Waals surface area contributed by atoms with Crippen LogP contribution in [0.25, 0.3) is 0 Å². The number of ether oxygens (including phenoxy) is 2. The van der Waals surface area contributed by atoms with Crippen molar-refractivity contribution in [3.8, 4) is 0 Å². The summed E-state index contributed by atoms with van der Waals surface area (Å²) in [6, 6.07) is 0. The second-order valence-corrected chi connectivity index (χ2v) is 13.4. The Morgan fingerprint density at radius 1 is 0.500 bits per heavy atom. The Bertz CT molecular complexity index is 701. The van der Waals surface area contributed by atoms with E-state index in [0.29, 0.717) is 12.8 Å². The smallest absolute Gasteiger partial charge is 0.306 e. The van der Waals surface area contributed by atoms with E-state index < -0.39 is 6.10 Å². The highest BCUT2D eigenvalue weighted by Crippen LogP contribution is 2.15. The number of esters is 2. The minimum Gasteiger partial charge on any atom is -0.462 e. The van der Waals surface area contributed by atoms with Gasteiger partial charge in [-0.25, -0.2) is 0 Å². The van der Waals surface area contributed by atoms with Crippen LogP contribution < -0.4 is 0 Å². The van der Waals surface area contributed by atoms with Gasteiger partial charge in [0.15, 0.2) is 6.10 Å². The summed E-state index contributed by atoms with van der Waals surface area (Å²) in [6.07, 6.45) is 43.8. The van der Waals surface area contributed by atoms with E-state index in [4.69, 9.17) is 9.47 Å². The maximum absolute atomic E-state index is 12.2.